The molecule has 2 rings (SSSR count). The Kier molecular flexibility index (Phi) is 5.31. The van der Waals surface area contributed by atoms with E-state index in [1.165, 1.54) is 13.2 Å². The van der Waals surface area contributed by atoms with Gasteiger partial charge in [-0.25, -0.2) is 22.0 Å². The van der Waals surface area contributed by atoms with Crippen molar-refractivity contribution in [1.82, 2.24) is 0 Å². The minimum absolute atomic E-state index is 0.0147. The van der Waals surface area contributed by atoms with Crippen LogP contribution in [0.1, 0.15) is 25.0 Å². The quantitative estimate of drug-likeness (QED) is 0.730. The summed E-state index contributed by atoms with van der Waals surface area (Å²) in [5.41, 5.74) is 0.250. The molecule has 0 spiro atoms. The molecule has 130 valence electrons. The first kappa shape index (κ1) is 18.5. The lowest BCUT2D eigenvalue weighted by Gasteiger charge is -2.24. The average molecular weight is 383 g/mol. The molecule has 0 radical (unpaired) electrons. The second-order valence-corrected chi connectivity index (χ2v) is 9.93. The second kappa shape index (κ2) is 6.59. The van der Waals surface area contributed by atoms with Gasteiger partial charge in [0, 0.05) is 24.0 Å². The first-order chi connectivity index (χ1) is 10.6. The van der Waals surface area contributed by atoms with Crippen molar-refractivity contribution in [3.63, 3.8) is 0 Å². The van der Waals surface area contributed by atoms with Gasteiger partial charge in [0.25, 0.3) is 0 Å². The molecule has 11 heteroatoms. The van der Waals surface area contributed by atoms with E-state index in [1.807, 2.05) is 0 Å². The van der Waals surface area contributed by atoms with E-state index >= 15 is 0 Å². The maximum Gasteiger partial charge on any atom is 0.247 e. The van der Waals surface area contributed by atoms with Crippen LogP contribution >= 0.6 is 11.3 Å². The molecule has 1 aromatic rings. The fourth-order valence-electron chi connectivity index (χ4n) is 1.93. The summed E-state index contributed by atoms with van der Waals surface area (Å²) in [6.07, 6.45) is -1.16. The maximum absolute atomic E-state index is 12.3. The van der Waals surface area contributed by atoms with E-state index < -0.39 is 32.3 Å². The summed E-state index contributed by atoms with van der Waals surface area (Å²) in [7, 11) is -6.32. The number of sulfonamides is 1. The number of fused-ring (bicyclic) bond motifs is 1. The number of nitrogens with two attached hydrogens (primary N) is 1. The van der Waals surface area contributed by atoms with Crippen LogP contribution < -0.4 is 5.14 Å². The van der Waals surface area contributed by atoms with Gasteiger partial charge in [0.05, 0.1) is 6.10 Å². The van der Waals surface area contributed by atoms with E-state index in [-0.39, 0.29) is 32.1 Å². The highest BCUT2D eigenvalue weighted by molar-refractivity contribution is 7.98. The van der Waals surface area contributed by atoms with Crippen molar-refractivity contribution in [2.45, 2.75) is 34.2 Å². The lowest BCUT2D eigenvalue weighted by Crippen LogP contribution is -2.20. The molecule has 0 fully saturated rings. The molecule has 2 unspecified atom stereocenters. The van der Waals surface area contributed by atoms with Crippen LogP contribution in [0.3, 0.4) is 0 Å². The van der Waals surface area contributed by atoms with Gasteiger partial charge < -0.3 is 14.2 Å². The predicted molar refractivity (Wildman–Crippen MR) is 82.9 cm³/mol. The topological polar surface area (TPSA) is 122 Å². The largest absolute Gasteiger partial charge is 0.356 e. The van der Waals surface area contributed by atoms with Crippen LogP contribution in [0.2, 0.25) is 0 Å². The highest BCUT2D eigenvalue weighted by atomic mass is 32.3. The normalized spacial score (nSPS) is 21.9. The number of methoxy groups -OCH3 is 1. The van der Waals surface area contributed by atoms with E-state index in [0.29, 0.717) is 11.3 Å². The first-order valence-electron chi connectivity index (χ1n) is 6.42. The standard InChI is InChI=1S/C12H17NO7S3/c1-7-4-10(20-6-19-8(2)18-3)9-5-11(23(13,16)17)21-12(9)22(7,14)15/h5,8,10H,1,4,6H2,2-3H3,(H2,13,16,17). The Bertz CT molecular complexity index is 810. The summed E-state index contributed by atoms with van der Waals surface area (Å²) in [6.45, 7) is 5.06. The zero-order chi connectivity index (χ0) is 17.4. The second-order valence-electron chi connectivity index (χ2n) is 4.84. The zero-order valence-corrected chi connectivity index (χ0v) is 15.0. The molecule has 2 atom stereocenters. The zero-order valence-electron chi connectivity index (χ0n) is 12.5. The molecule has 0 saturated carbocycles. The highest BCUT2D eigenvalue weighted by Crippen LogP contribution is 2.45. The van der Waals surface area contributed by atoms with Gasteiger partial charge >= 0.3 is 0 Å². The number of hydrogen-bond acceptors (Lipinski definition) is 8. The van der Waals surface area contributed by atoms with Crippen molar-refractivity contribution in [3.05, 3.63) is 23.1 Å². The van der Waals surface area contributed by atoms with Crippen LogP contribution in [0.25, 0.3) is 0 Å². The third kappa shape index (κ3) is 3.82. The number of hydrogen-bond donors (Lipinski definition) is 1. The molecule has 0 amide bonds. The van der Waals surface area contributed by atoms with Crippen LogP contribution in [0.4, 0.5) is 0 Å². The van der Waals surface area contributed by atoms with Gasteiger partial charge in [0.1, 0.15) is 8.42 Å². The third-order valence-electron chi connectivity index (χ3n) is 3.27. The molecule has 0 bridgehead atoms. The van der Waals surface area contributed by atoms with E-state index in [9.17, 15) is 16.8 Å². The fraction of sp³-hybridized carbons (Fsp3) is 0.500. The first-order valence-corrected chi connectivity index (χ1v) is 10.3. The van der Waals surface area contributed by atoms with Crippen molar-refractivity contribution in [3.8, 4) is 0 Å². The van der Waals surface area contributed by atoms with E-state index in [1.54, 1.807) is 6.92 Å². The number of sulfone groups is 1. The van der Waals surface area contributed by atoms with Crippen molar-refractivity contribution in [2.24, 2.45) is 5.14 Å². The summed E-state index contributed by atoms with van der Waals surface area (Å²) in [4.78, 5) is -0.0439. The number of primary sulfonamides is 1. The van der Waals surface area contributed by atoms with Crippen molar-refractivity contribution >= 4 is 31.2 Å². The van der Waals surface area contributed by atoms with Crippen LogP contribution in [0.5, 0.6) is 0 Å². The Hall–Kier alpha value is -0.820. The smallest absolute Gasteiger partial charge is 0.247 e. The van der Waals surface area contributed by atoms with Crippen molar-refractivity contribution in [2.75, 3.05) is 13.9 Å². The van der Waals surface area contributed by atoms with Gasteiger partial charge in [-0.15, -0.1) is 11.3 Å². The SMILES string of the molecule is C=C1CC(OCOC(C)OC)c2cc(S(N)(=O)=O)sc2S1(=O)=O. The summed E-state index contributed by atoms with van der Waals surface area (Å²) in [5, 5.41) is 5.08. The fourth-order valence-corrected chi connectivity index (χ4v) is 5.97. The molecule has 2 heterocycles. The number of rotatable bonds is 6. The molecule has 0 aliphatic carbocycles. The lowest BCUT2D eigenvalue weighted by atomic mass is 10.1. The summed E-state index contributed by atoms with van der Waals surface area (Å²) in [5.74, 6) is 0. The Labute approximate surface area is 138 Å². The van der Waals surface area contributed by atoms with E-state index in [0.717, 1.165) is 0 Å². The summed E-state index contributed by atoms with van der Waals surface area (Å²) < 4.78 is 62.8. The molecule has 2 N–H and O–H groups in total. The summed E-state index contributed by atoms with van der Waals surface area (Å²) in [6, 6.07) is 1.23. The summed E-state index contributed by atoms with van der Waals surface area (Å²) >= 11 is 0.594. The molecular weight excluding hydrogens is 366 g/mol. The highest BCUT2D eigenvalue weighted by Gasteiger charge is 2.37. The van der Waals surface area contributed by atoms with Gasteiger partial charge in [-0.05, 0) is 13.0 Å². The minimum atomic E-state index is -4.01. The molecular formula is C12H17NO7S3. The molecule has 0 saturated heterocycles. The van der Waals surface area contributed by atoms with Gasteiger partial charge in [0.15, 0.2) is 13.1 Å². The van der Waals surface area contributed by atoms with Gasteiger partial charge in [0.2, 0.25) is 19.9 Å². The molecule has 23 heavy (non-hydrogen) atoms. The van der Waals surface area contributed by atoms with Gasteiger partial charge in [-0.3, -0.25) is 0 Å². The Morgan fingerprint density at radius 2 is 2.17 bits per heavy atom. The molecule has 1 aliphatic heterocycles. The van der Waals surface area contributed by atoms with Gasteiger partial charge in [-0.1, -0.05) is 6.58 Å². The number of thiophene rings is 1. The Morgan fingerprint density at radius 1 is 1.52 bits per heavy atom. The van der Waals surface area contributed by atoms with E-state index in [4.69, 9.17) is 19.3 Å². The molecule has 1 aliphatic rings. The molecule has 1 aromatic heterocycles. The van der Waals surface area contributed by atoms with E-state index in [2.05, 4.69) is 6.58 Å². The average Bonchev–Trinajstić information content (AvgIpc) is 2.90. The number of ether oxygens (including phenoxy) is 3. The van der Waals surface area contributed by atoms with Crippen molar-refractivity contribution < 1.29 is 31.0 Å². The maximum atomic E-state index is 12.3. The predicted octanol–water partition coefficient (Wildman–Crippen LogP) is 1.11. The van der Waals surface area contributed by atoms with Crippen LogP contribution in [-0.2, 0) is 34.1 Å². The Balaban J connectivity index is 2.34. The lowest BCUT2D eigenvalue weighted by molar-refractivity contribution is -0.189. The van der Waals surface area contributed by atoms with Crippen molar-refractivity contribution in [1.29, 1.82) is 0 Å². The molecule has 0 aromatic carbocycles. The van der Waals surface area contributed by atoms with Gasteiger partial charge in [-0.2, -0.15) is 0 Å². The monoisotopic (exact) mass is 383 g/mol. The van der Waals surface area contributed by atoms with Crippen LogP contribution in [-0.4, -0.2) is 37.0 Å². The minimum Gasteiger partial charge on any atom is -0.356 e. The molecule has 8 nitrogen and oxygen atoms in total. The van der Waals surface area contributed by atoms with Crippen LogP contribution in [0, 0.1) is 0 Å². The van der Waals surface area contributed by atoms with Crippen LogP contribution in [0.15, 0.2) is 26.0 Å². The Morgan fingerprint density at radius 3 is 2.74 bits per heavy atom. The third-order valence-corrected chi connectivity index (χ3v) is 8.20.